The monoisotopic (exact) mass is 1790 g/mol. The van der Waals surface area contributed by atoms with Gasteiger partial charge >= 0.3 is 12.4 Å². The van der Waals surface area contributed by atoms with E-state index in [4.69, 9.17) is 37.9 Å². The SMILES string of the molecule is CC(C)(C)Oc1ccc([S+]2CCCC2)c2ccccc12.CC(C)(C)Oc1ccc([S+]2CCCCC2)c2ccccc12.COCOc1ccc([S+]2CCCC2)c2ccccc12.COCOc1ccc([S+]2CCCCC2)c2ccccc12.FC(F)(F)COc1ccc([S+]2CCCC2)c2ccccc12.FC(F)(F)COc1ccc([S+]2CCCCC2)c2ccccc12. The first-order chi connectivity index (χ1) is 59.5. The second kappa shape index (κ2) is 44.8. The Hall–Kier alpha value is -7.40. The van der Waals surface area contributed by atoms with Gasteiger partial charge in [-0.3, -0.25) is 0 Å². The van der Waals surface area contributed by atoms with Crippen molar-refractivity contribution in [1.29, 1.82) is 0 Å². The highest BCUT2D eigenvalue weighted by atomic mass is 32.2. The summed E-state index contributed by atoms with van der Waals surface area (Å²) >= 11 is 0. The standard InChI is InChI=1S/C19H25OS.C18H23OS.C17H18F3OS.C17H21O2S.C16H16F3OS.C16H19O2S/c1-19(2,3)20-17-11-12-18(21-13-7-4-8-14-21)16-10-6-5-9-15(16)17;1-18(2,3)19-16-10-11-17(20-12-6-7-13-20)15-9-5-4-8-14(15)16;18-17(19,20)12-21-15-8-9-16(22-10-4-1-5-11-22)14-7-3-2-6-13(14)15;1-18-13-19-16-9-10-17(20-11-5-2-6-12-20)15-8-4-3-7-14(15)16;17-16(18,19)11-20-14-7-8-15(21-9-3-4-10-21)13-6-2-1-5-12(13)14;1-17-12-18-15-8-9-16(19-10-4-5-11-19)14-7-3-2-6-13(14)15/h5-6,9-12H,4,7-8,13-14H2,1-3H3;4-5,8-11H,6-7,12-13H2,1-3H3;2-3,6-9H,1,4-5,10-12H2;3-4,7-10H,2,5-6,11-13H2,1H3;1-2,5-8H,3-4,9-11H2;2-3,6-9H,4-5,10-12H2,1H3/q6*+1. The molecule has 0 atom stereocenters. The summed E-state index contributed by atoms with van der Waals surface area (Å²) in [6.45, 7) is 10.8. The minimum absolute atomic E-state index is 0.153. The topological polar surface area (TPSA) is 73.8 Å². The van der Waals surface area contributed by atoms with E-state index in [0.29, 0.717) is 68.7 Å². The number of alkyl halides is 6. The fraction of sp³-hybridized carbons (Fsp3) is 0.417. The lowest BCUT2D eigenvalue weighted by Crippen LogP contribution is -2.23. The van der Waals surface area contributed by atoms with E-state index in [1.807, 2.05) is 60.7 Å². The molecule has 0 aliphatic carbocycles. The second-order valence-electron chi connectivity index (χ2n) is 33.7. The third-order valence-corrected chi connectivity index (χ3v) is 37.4. The first-order valence-electron chi connectivity index (χ1n) is 43.6. The van der Waals surface area contributed by atoms with Crippen molar-refractivity contribution >= 4 is 130 Å². The van der Waals surface area contributed by atoms with Gasteiger partial charge in [0.25, 0.3) is 0 Å². The smallest absolute Gasteiger partial charge is 0.422 e. The molecule has 0 saturated carbocycles. The highest BCUT2D eigenvalue weighted by molar-refractivity contribution is 7.98. The molecular weight excluding hydrogens is 1670 g/mol. The molecule has 6 aliphatic rings. The van der Waals surface area contributed by atoms with Crippen molar-refractivity contribution in [2.24, 2.45) is 0 Å². The quantitative estimate of drug-likeness (QED) is 0.0478. The van der Waals surface area contributed by atoms with Crippen LogP contribution >= 0.6 is 0 Å². The molecule has 6 fully saturated rings. The summed E-state index contributed by atoms with van der Waals surface area (Å²) in [7, 11) is 5.47. The average molecular weight is 1790 g/mol. The van der Waals surface area contributed by atoms with Crippen molar-refractivity contribution in [3.8, 4) is 34.5 Å². The van der Waals surface area contributed by atoms with E-state index in [2.05, 4.69) is 187 Å². The van der Waals surface area contributed by atoms with Crippen LogP contribution in [0.5, 0.6) is 34.5 Å². The lowest BCUT2D eigenvalue weighted by atomic mass is 10.1. The van der Waals surface area contributed by atoms with Crippen molar-refractivity contribution < 1.29 is 64.2 Å². The van der Waals surface area contributed by atoms with Gasteiger partial charge in [0.2, 0.25) is 0 Å². The average Bonchev–Trinajstić information content (AvgIpc) is 1.47. The molecule has 12 aromatic rings. The van der Waals surface area contributed by atoms with Crippen molar-refractivity contribution in [3.05, 3.63) is 218 Å². The van der Waals surface area contributed by atoms with Gasteiger partial charge in [-0.15, -0.1) is 0 Å². The number of halogens is 6. The molecular formula is C103H122F6O8S6+6. The van der Waals surface area contributed by atoms with E-state index in [1.165, 1.54) is 228 Å². The third-order valence-electron chi connectivity index (χ3n) is 22.1. The van der Waals surface area contributed by atoms with E-state index in [1.54, 1.807) is 36.1 Å². The first kappa shape index (κ1) is 93.2. The van der Waals surface area contributed by atoms with Crippen molar-refractivity contribution in [2.45, 2.75) is 191 Å². The summed E-state index contributed by atoms with van der Waals surface area (Å²) in [5, 5.41) is 14.0. The molecule has 0 unspecified atom stereocenters. The number of methoxy groups -OCH3 is 2. The third kappa shape index (κ3) is 26.2. The van der Waals surface area contributed by atoms with Gasteiger partial charge in [-0.2, -0.15) is 26.3 Å². The van der Waals surface area contributed by atoms with Gasteiger partial charge in [-0.1, -0.05) is 109 Å². The van der Waals surface area contributed by atoms with Crippen molar-refractivity contribution in [1.82, 2.24) is 0 Å². The van der Waals surface area contributed by atoms with Gasteiger partial charge in [0.1, 0.15) is 115 Å². The highest BCUT2D eigenvalue weighted by Crippen LogP contribution is 2.43. The van der Waals surface area contributed by atoms with Crippen molar-refractivity contribution in [2.75, 3.05) is 110 Å². The Morgan fingerprint density at radius 2 is 0.390 bits per heavy atom. The van der Waals surface area contributed by atoms with Gasteiger partial charge in [0, 0.05) is 144 Å². The molecule has 123 heavy (non-hydrogen) atoms. The summed E-state index contributed by atoms with van der Waals surface area (Å²) in [4.78, 5) is 8.66. The number of benzene rings is 12. The van der Waals surface area contributed by atoms with E-state index in [0.717, 1.165) is 44.5 Å². The fourth-order valence-electron chi connectivity index (χ4n) is 16.7. The number of ether oxygens (including phenoxy) is 8. The van der Waals surface area contributed by atoms with Crippen LogP contribution < -0.4 is 28.4 Å². The maximum absolute atomic E-state index is 12.4. The highest BCUT2D eigenvalue weighted by Gasteiger charge is 2.37. The molecule has 18 rings (SSSR count). The van der Waals surface area contributed by atoms with E-state index < -0.39 is 25.6 Å². The molecule has 6 saturated heterocycles. The van der Waals surface area contributed by atoms with Gasteiger partial charge < -0.3 is 37.9 Å². The Bertz CT molecular complexity index is 5370. The zero-order valence-corrected chi connectivity index (χ0v) is 77.6. The van der Waals surface area contributed by atoms with E-state index in [9.17, 15) is 26.3 Å². The Balaban J connectivity index is 0.000000127. The predicted octanol–water partition coefficient (Wildman–Crippen LogP) is 27.0. The molecule has 654 valence electrons. The second-order valence-corrected chi connectivity index (χ2v) is 47.1. The van der Waals surface area contributed by atoms with Gasteiger partial charge in [0.05, 0.1) is 0 Å². The summed E-state index contributed by atoms with van der Waals surface area (Å²) in [5.74, 6) is 20.1. The van der Waals surface area contributed by atoms with Crippen LogP contribution in [0, 0.1) is 0 Å². The van der Waals surface area contributed by atoms with Crippen LogP contribution in [0.2, 0.25) is 0 Å². The van der Waals surface area contributed by atoms with Gasteiger partial charge in [0.15, 0.2) is 56.2 Å². The normalized spacial score (nSPS) is 16.6. The molecule has 0 amide bonds. The molecule has 0 radical (unpaired) electrons. The summed E-state index contributed by atoms with van der Waals surface area (Å²) in [6, 6.07) is 74.8. The lowest BCUT2D eigenvalue weighted by molar-refractivity contribution is -0.153. The largest absolute Gasteiger partial charge is 0.488 e. The zero-order valence-electron chi connectivity index (χ0n) is 72.7. The van der Waals surface area contributed by atoms with Crippen LogP contribution in [0.15, 0.2) is 248 Å². The van der Waals surface area contributed by atoms with Gasteiger partial charge in [-0.05, 0) is 247 Å². The molecule has 20 heteroatoms. The predicted molar refractivity (Wildman–Crippen MR) is 514 cm³/mol. The fourth-order valence-corrected chi connectivity index (χ4v) is 31.6. The Labute approximate surface area is 742 Å². The van der Waals surface area contributed by atoms with Crippen LogP contribution in [-0.2, 0) is 74.8 Å². The number of hydrogen-bond acceptors (Lipinski definition) is 8. The lowest BCUT2D eigenvalue weighted by Gasteiger charge is -2.23. The van der Waals surface area contributed by atoms with Crippen LogP contribution in [0.25, 0.3) is 64.6 Å². The van der Waals surface area contributed by atoms with E-state index in [-0.39, 0.29) is 33.0 Å². The molecule has 0 bridgehead atoms. The van der Waals surface area contributed by atoms with Crippen LogP contribution in [-0.4, -0.2) is 134 Å². The minimum atomic E-state index is -4.31. The summed E-state index contributed by atoms with van der Waals surface area (Å²) in [6.07, 6.45) is 11.5. The minimum Gasteiger partial charge on any atom is -0.488 e. The molecule has 6 heterocycles. The maximum atomic E-state index is 12.4. The van der Waals surface area contributed by atoms with E-state index >= 15 is 0 Å². The molecule has 0 aromatic heterocycles. The summed E-state index contributed by atoms with van der Waals surface area (Å²) in [5.41, 5.74) is -0.308. The Morgan fingerprint density at radius 1 is 0.220 bits per heavy atom. The molecule has 6 aliphatic heterocycles. The summed E-state index contributed by atoms with van der Waals surface area (Å²) < 4.78 is 118. The number of rotatable bonds is 18. The zero-order chi connectivity index (χ0) is 86.4. The first-order valence-corrected chi connectivity index (χ1v) is 53.0. The van der Waals surface area contributed by atoms with Crippen LogP contribution in [0.3, 0.4) is 0 Å². The maximum Gasteiger partial charge on any atom is 0.422 e. The van der Waals surface area contributed by atoms with Crippen LogP contribution in [0.1, 0.15) is 138 Å². The molecule has 12 aromatic carbocycles. The molecule has 0 spiro atoms. The van der Waals surface area contributed by atoms with Crippen molar-refractivity contribution in [3.63, 3.8) is 0 Å². The molecule has 0 N–H and O–H groups in total. The number of fused-ring (bicyclic) bond motifs is 6. The van der Waals surface area contributed by atoms with Crippen LogP contribution in [0.4, 0.5) is 26.3 Å². The Kier molecular flexibility index (Phi) is 34.0. The molecule has 8 nitrogen and oxygen atoms in total. The van der Waals surface area contributed by atoms with Gasteiger partial charge in [-0.25, -0.2) is 0 Å². The Morgan fingerprint density at radius 3 is 0.577 bits per heavy atom. The number of hydrogen-bond donors (Lipinski definition) is 0.